The number of likely N-dealkylation sites (tertiary alicyclic amines) is 1. The number of phenols is 1. The number of amides is 9. The van der Waals surface area contributed by atoms with Crippen LogP contribution in [-0.2, 0) is 60.8 Å². The number of nitrogens with zero attached hydrogens (tertiary/aromatic N) is 2. The lowest BCUT2D eigenvalue weighted by Gasteiger charge is -2.30. The summed E-state index contributed by atoms with van der Waals surface area (Å²) < 4.78 is 0. The molecule has 0 aromatic heterocycles. The van der Waals surface area contributed by atoms with Crippen molar-refractivity contribution in [1.82, 2.24) is 36.8 Å². The van der Waals surface area contributed by atoms with Gasteiger partial charge in [0.25, 0.3) is 0 Å². The second kappa shape index (κ2) is 27.9. The molecule has 2 aromatic rings. The predicted octanol–water partition coefficient (Wildman–Crippen LogP) is -3.92. The van der Waals surface area contributed by atoms with Crippen LogP contribution in [0.2, 0.25) is 0 Å². The summed E-state index contributed by atoms with van der Waals surface area (Å²) in [6, 6.07) is 2.78. The van der Waals surface area contributed by atoms with Gasteiger partial charge in [-0.25, -0.2) is 4.79 Å². The van der Waals surface area contributed by atoms with Crippen molar-refractivity contribution in [1.29, 1.82) is 0 Å². The van der Waals surface area contributed by atoms with Crippen molar-refractivity contribution in [2.24, 2.45) is 33.7 Å². The summed E-state index contributed by atoms with van der Waals surface area (Å²) in [7, 11) is 2.00. The molecule has 0 saturated carbocycles. The number of benzene rings is 2. The lowest BCUT2D eigenvalue weighted by molar-refractivity contribution is -0.145. The van der Waals surface area contributed by atoms with Crippen LogP contribution in [0.4, 0.5) is 0 Å². The molecule has 27 heteroatoms. The highest BCUT2D eigenvalue weighted by atomic mass is 33.1. The van der Waals surface area contributed by atoms with Gasteiger partial charge >= 0.3 is 5.97 Å². The molecule has 386 valence electrons. The van der Waals surface area contributed by atoms with Crippen molar-refractivity contribution < 1.29 is 58.2 Å². The van der Waals surface area contributed by atoms with Crippen LogP contribution in [0, 0.1) is 0 Å². The van der Waals surface area contributed by atoms with Gasteiger partial charge in [-0.3, -0.25) is 48.1 Å². The number of guanidine groups is 1. The third-order valence-electron chi connectivity index (χ3n) is 11.2. The first-order chi connectivity index (χ1) is 33.7. The van der Waals surface area contributed by atoms with Crippen LogP contribution in [0.25, 0.3) is 0 Å². The van der Waals surface area contributed by atoms with E-state index in [0.717, 1.165) is 21.6 Å². The minimum Gasteiger partial charge on any atom is -0.508 e. The fraction of sp³-hybridized carbons (Fsp3) is 0.477. The average Bonchev–Trinajstić information content (AvgIpc) is 3.82. The molecular weight excluding hydrogens is 967 g/mol. The maximum absolute atomic E-state index is 14.4. The van der Waals surface area contributed by atoms with Crippen LogP contribution in [0.1, 0.15) is 56.1 Å². The van der Waals surface area contributed by atoms with E-state index in [9.17, 15) is 58.2 Å². The van der Waals surface area contributed by atoms with Gasteiger partial charge in [-0.05, 0) is 55.4 Å². The number of carbonyl (C=O) groups excluding carboxylic acids is 9. The number of rotatable bonds is 17. The number of phenolic OH excluding ortho intramolecular Hbond substituents is 1. The Hall–Kier alpha value is -7.13. The average molecular weight is 1030 g/mol. The molecule has 0 bridgehead atoms. The number of aliphatic imine (C=N–C) groups is 1. The van der Waals surface area contributed by atoms with E-state index in [4.69, 9.17) is 28.7 Å². The van der Waals surface area contributed by atoms with E-state index in [0.29, 0.717) is 17.5 Å². The van der Waals surface area contributed by atoms with Gasteiger partial charge in [-0.2, -0.15) is 0 Å². The summed E-state index contributed by atoms with van der Waals surface area (Å²) in [5.74, 6) is -10.2. The number of hydrogen-bond donors (Lipinski definition) is 13. The van der Waals surface area contributed by atoms with Crippen LogP contribution >= 0.6 is 21.6 Å². The standard InChI is InChI=1S/C44H61N13O12S2/c45-26-21-70-71-22-32(42(67)57-17-5-9-33(57)41(66)52-28(43(68)69)8-4-16-50-44(48)49)56-40(65)31(20-35(47)60)55-37(62)27(14-15-34(46)59)51-38(63)30(18-23-6-2-1-3-7-23)54-39(64)29(53-36(26)61)19-24-10-12-25(58)13-11-24/h1-3,6-7,10-13,26-33,58H,4-5,8-9,14-22,45H2,(H2,46,59)(H2,47,60)(H,51,63)(H,52,66)(H,53,61)(H,54,64)(H,55,62)(H,56,65)(H,68,69)(H4,48,49,50)/t26-,27-,28-,29-,30-,31-,32?,33?/m0/s1. The summed E-state index contributed by atoms with van der Waals surface area (Å²) in [6.07, 6.45) is -1.38. The van der Waals surface area contributed by atoms with Crippen LogP contribution in [0.5, 0.6) is 5.75 Å². The molecule has 2 aromatic carbocycles. The van der Waals surface area contributed by atoms with Gasteiger partial charge in [0.1, 0.15) is 48.0 Å². The van der Waals surface area contributed by atoms with E-state index in [1.165, 1.54) is 29.2 Å². The molecule has 4 rings (SSSR count). The Morgan fingerprint density at radius 2 is 1.30 bits per heavy atom. The van der Waals surface area contributed by atoms with Gasteiger partial charge in [0.05, 0.1) is 12.5 Å². The number of nitrogens with one attached hydrogen (secondary N) is 6. The van der Waals surface area contributed by atoms with Gasteiger partial charge in [0.15, 0.2) is 5.96 Å². The number of primary amides is 2. The Bertz CT molecular complexity index is 2270. The number of carboxylic acid groups (broad SMARTS) is 1. The minimum absolute atomic E-state index is 0.0151. The quantitative estimate of drug-likeness (QED) is 0.0312. The first-order valence-corrected chi connectivity index (χ1v) is 25.0. The molecule has 18 N–H and O–H groups in total. The van der Waals surface area contributed by atoms with Crippen molar-refractivity contribution >= 4 is 86.7 Å². The first-order valence-electron chi connectivity index (χ1n) is 22.5. The van der Waals surface area contributed by atoms with Gasteiger partial charge < -0.3 is 75.7 Å². The molecule has 2 aliphatic heterocycles. The normalized spacial score (nSPS) is 23.3. The fourth-order valence-electron chi connectivity index (χ4n) is 7.49. The largest absolute Gasteiger partial charge is 0.508 e. The molecule has 2 aliphatic rings. The second-order valence-electron chi connectivity index (χ2n) is 16.8. The van der Waals surface area contributed by atoms with E-state index >= 15 is 0 Å². The molecule has 8 atom stereocenters. The third-order valence-corrected chi connectivity index (χ3v) is 13.6. The highest BCUT2D eigenvalue weighted by Crippen LogP contribution is 2.26. The Morgan fingerprint density at radius 1 is 0.732 bits per heavy atom. The topological polar surface area (TPSA) is 429 Å². The summed E-state index contributed by atoms with van der Waals surface area (Å²) in [5, 5.41) is 34.9. The van der Waals surface area contributed by atoms with Gasteiger partial charge in [0, 0.05) is 43.9 Å². The maximum Gasteiger partial charge on any atom is 0.326 e. The van der Waals surface area contributed by atoms with Gasteiger partial charge in [0.2, 0.25) is 53.2 Å². The number of carboxylic acids is 1. The van der Waals surface area contributed by atoms with Crippen molar-refractivity contribution in [2.75, 3.05) is 24.6 Å². The summed E-state index contributed by atoms with van der Waals surface area (Å²) in [5.41, 5.74) is 29.0. The van der Waals surface area contributed by atoms with E-state index < -0.39 is 127 Å². The number of hydrogen-bond acceptors (Lipinski definition) is 15. The van der Waals surface area contributed by atoms with Crippen molar-refractivity contribution in [2.45, 2.75) is 106 Å². The molecule has 0 radical (unpaired) electrons. The van der Waals surface area contributed by atoms with Gasteiger partial charge in [-0.1, -0.05) is 64.1 Å². The number of carbonyl (C=O) groups is 10. The zero-order valence-electron chi connectivity index (χ0n) is 38.6. The minimum atomic E-state index is -1.78. The van der Waals surface area contributed by atoms with E-state index in [1.54, 1.807) is 30.3 Å². The van der Waals surface area contributed by atoms with E-state index in [1.807, 2.05) is 0 Å². The highest BCUT2D eigenvalue weighted by molar-refractivity contribution is 8.76. The molecule has 71 heavy (non-hydrogen) atoms. The van der Waals surface area contributed by atoms with Gasteiger partial charge in [-0.15, -0.1) is 0 Å². The summed E-state index contributed by atoms with van der Waals surface area (Å²) in [4.78, 5) is 140. The number of aliphatic carboxylic acids is 1. The van der Waals surface area contributed by atoms with Crippen LogP contribution in [-0.4, -0.2) is 153 Å². The zero-order chi connectivity index (χ0) is 52.2. The monoisotopic (exact) mass is 1030 g/mol. The molecule has 2 unspecified atom stereocenters. The van der Waals surface area contributed by atoms with Crippen LogP contribution in [0.3, 0.4) is 0 Å². The Balaban J connectivity index is 1.70. The Morgan fingerprint density at radius 3 is 1.90 bits per heavy atom. The first kappa shape index (κ1) is 56.5. The smallest absolute Gasteiger partial charge is 0.326 e. The highest BCUT2D eigenvalue weighted by Gasteiger charge is 2.40. The Kier molecular flexibility index (Phi) is 22.2. The SMILES string of the molecule is NC(=O)CC[C@@H]1NC(=O)[C@H](Cc2ccccc2)NC(=O)[C@H](Cc2ccc(O)cc2)NC(=O)[C@@H](N)CSSCC(C(=O)N2CCCC2C(=O)N[C@@H](CCCN=C(N)N)C(=O)O)NC(=O)[C@H](CC(N)=O)NC1=O. The van der Waals surface area contributed by atoms with Crippen LogP contribution in [0.15, 0.2) is 59.6 Å². The second-order valence-corrected chi connectivity index (χ2v) is 19.3. The summed E-state index contributed by atoms with van der Waals surface area (Å²) in [6.45, 7) is 0.109. The lowest BCUT2D eigenvalue weighted by atomic mass is 10.0. The molecule has 25 nitrogen and oxygen atoms in total. The molecule has 0 aliphatic carbocycles. The van der Waals surface area contributed by atoms with E-state index in [-0.39, 0.29) is 68.4 Å². The molecule has 0 spiro atoms. The molecule has 9 amide bonds. The fourth-order valence-corrected chi connectivity index (χ4v) is 9.77. The molecular formula is C44H61N13O12S2. The van der Waals surface area contributed by atoms with E-state index in [2.05, 4.69) is 36.9 Å². The third kappa shape index (κ3) is 18.6. The summed E-state index contributed by atoms with van der Waals surface area (Å²) >= 11 is 0. The maximum atomic E-state index is 14.4. The van der Waals surface area contributed by atoms with Crippen LogP contribution < -0.4 is 60.6 Å². The van der Waals surface area contributed by atoms with Crippen molar-refractivity contribution in [3.05, 3.63) is 65.7 Å². The zero-order valence-corrected chi connectivity index (χ0v) is 40.2. The molecule has 2 heterocycles. The lowest BCUT2D eigenvalue weighted by Crippen LogP contribution is -2.61. The van der Waals surface area contributed by atoms with Crippen molar-refractivity contribution in [3.63, 3.8) is 0 Å². The molecule has 2 saturated heterocycles. The molecule has 2 fully saturated rings. The Labute approximate surface area is 416 Å². The predicted molar refractivity (Wildman–Crippen MR) is 261 cm³/mol. The van der Waals surface area contributed by atoms with Crippen molar-refractivity contribution in [3.8, 4) is 5.75 Å². The number of aromatic hydroxyl groups is 1. The number of nitrogens with two attached hydrogens (primary N) is 5.